The zero-order valence-electron chi connectivity index (χ0n) is 18.7. The van der Waals surface area contributed by atoms with Gasteiger partial charge in [0.2, 0.25) is 0 Å². The average molecular weight is 414 g/mol. The van der Waals surface area contributed by atoms with Gasteiger partial charge in [-0.25, -0.2) is 4.79 Å². The molecule has 0 aromatic carbocycles. The van der Waals surface area contributed by atoms with Gasteiger partial charge in [-0.1, -0.05) is 38.0 Å². The van der Waals surface area contributed by atoms with Gasteiger partial charge in [0.25, 0.3) is 0 Å². The predicted octanol–water partition coefficient (Wildman–Crippen LogP) is 5.99. The average Bonchev–Trinajstić information content (AvgIpc) is 3.15. The van der Waals surface area contributed by atoms with E-state index >= 15 is 0 Å². The van der Waals surface area contributed by atoms with Crippen LogP contribution in [0.3, 0.4) is 0 Å². The number of methoxy groups -OCH3 is 1. The van der Waals surface area contributed by atoms with E-state index in [1.807, 2.05) is 0 Å². The van der Waals surface area contributed by atoms with Gasteiger partial charge < -0.3 is 4.74 Å². The zero-order chi connectivity index (χ0) is 21.0. The molecule has 0 atom stereocenters. The fraction of sp³-hybridized carbons (Fsp3) is 0.640. The Labute approximate surface area is 180 Å². The van der Waals surface area contributed by atoms with Gasteiger partial charge in [0.1, 0.15) is 4.88 Å². The fourth-order valence-corrected chi connectivity index (χ4v) is 5.38. The normalized spacial score (nSPS) is 19.1. The zero-order valence-corrected chi connectivity index (χ0v) is 19.5. The van der Waals surface area contributed by atoms with Gasteiger partial charge in [-0.3, -0.25) is 4.90 Å². The number of ether oxygens (including phenoxy) is 1. The van der Waals surface area contributed by atoms with E-state index in [1.165, 1.54) is 56.1 Å². The van der Waals surface area contributed by atoms with E-state index in [4.69, 9.17) is 4.74 Å². The summed E-state index contributed by atoms with van der Waals surface area (Å²) >= 11 is 1.49. The largest absolute Gasteiger partial charge is 0.465 e. The molecule has 0 bridgehead atoms. The highest BCUT2D eigenvalue weighted by Gasteiger charge is 2.29. The Morgan fingerprint density at radius 3 is 2.62 bits per heavy atom. The second-order valence-corrected chi connectivity index (χ2v) is 10.4. The molecule has 0 spiro atoms. The van der Waals surface area contributed by atoms with Crippen LogP contribution in [0.4, 0.5) is 0 Å². The van der Waals surface area contributed by atoms with Crippen molar-refractivity contribution in [2.24, 2.45) is 11.3 Å². The molecule has 1 aliphatic carbocycles. The first-order valence-electron chi connectivity index (χ1n) is 11.0. The summed E-state index contributed by atoms with van der Waals surface area (Å²) in [7, 11) is 1.47. The Balaban J connectivity index is 2.08. The van der Waals surface area contributed by atoms with Crippen molar-refractivity contribution in [1.29, 1.82) is 0 Å². The van der Waals surface area contributed by atoms with Crippen LogP contribution in [0.2, 0.25) is 0 Å². The fourth-order valence-electron chi connectivity index (χ4n) is 4.42. The predicted molar refractivity (Wildman–Crippen MR) is 122 cm³/mol. The second-order valence-electron chi connectivity index (χ2n) is 9.30. The number of esters is 1. The molecule has 0 N–H and O–H groups in total. The molecule has 3 nitrogen and oxygen atoms in total. The summed E-state index contributed by atoms with van der Waals surface area (Å²) in [5.74, 6) is 7.04. The van der Waals surface area contributed by atoms with E-state index in [1.54, 1.807) is 5.57 Å². The van der Waals surface area contributed by atoms with Crippen LogP contribution in [-0.2, 0) is 4.74 Å². The first-order valence-corrected chi connectivity index (χ1v) is 11.8. The molecule has 1 aromatic rings. The molecule has 0 amide bonds. The maximum atomic E-state index is 12.6. The quantitative estimate of drug-likeness (QED) is 0.448. The minimum Gasteiger partial charge on any atom is -0.465 e. The number of thiophene rings is 1. The van der Waals surface area contributed by atoms with Crippen molar-refractivity contribution in [2.45, 2.75) is 66.2 Å². The minimum atomic E-state index is -0.234. The molecule has 1 fully saturated rings. The van der Waals surface area contributed by atoms with E-state index in [2.05, 4.69) is 50.5 Å². The van der Waals surface area contributed by atoms with Gasteiger partial charge >= 0.3 is 5.97 Å². The van der Waals surface area contributed by atoms with Crippen molar-refractivity contribution >= 4 is 22.9 Å². The van der Waals surface area contributed by atoms with Crippen molar-refractivity contribution in [1.82, 2.24) is 4.90 Å². The lowest BCUT2D eigenvalue weighted by Gasteiger charge is -2.35. The van der Waals surface area contributed by atoms with E-state index < -0.39 is 0 Å². The summed E-state index contributed by atoms with van der Waals surface area (Å²) in [5, 5.41) is 0. The summed E-state index contributed by atoms with van der Waals surface area (Å²) in [6.07, 6.45) is 7.57. The number of hydrogen-bond acceptors (Lipinski definition) is 4. The minimum absolute atomic E-state index is 0.0609. The maximum absolute atomic E-state index is 12.6. The summed E-state index contributed by atoms with van der Waals surface area (Å²) < 4.78 is 5.14. The number of carbonyl (C=O) groups is 1. The van der Waals surface area contributed by atoms with E-state index in [-0.39, 0.29) is 11.4 Å². The summed E-state index contributed by atoms with van der Waals surface area (Å²) in [5.41, 5.74) is 3.98. The molecule has 0 radical (unpaired) electrons. The molecule has 0 unspecified atom stereocenters. The van der Waals surface area contributed by atoms with Crippen LogP contribution in [0, 0.1) is 23.2 Å². The van der Waals surface area contributed by atoms with E-state index in [0.717, 1.165) is 41.4 Å². The van der Waals surface area contributed by atoms with Gasteiger partial charge in [0, 0.05) is 24.1 Å². The Morgan fingerprint density at radius 2 is 2.00 bits per heavy atom. The molecule has 1 aliphatic heterocycles. The van der Waals surface area contributed by atoms with Crippen molar-refractivity contribution in [2.75, 3.05) is 26.7 Å². The van der Waals surface area contributed by atoms with Crippen LogP contribution in [0.15, 0.2) is 11.6 Å². The summed E-state index contributed by atoms with van der Waals surface area (Å²) in [4.78, 5) is 16.8. The molecule has 1 aromatic heterocycles. The van der Waals surface area contributed by atoms with Crippen LogP contribution in [0.5, 0.6) is 0 Å². The lowest BCUT2D eigenvalue weighted by molar-refractivity contribution is 0.0606. The van der Waals surface area contributed by atoms with Crippen LogP contribution in [0.25, 0.3) is 5.57 Å². The van der Waals surface area contributed by atoms with Crippen molar-refractivity contribution in [3.63, 3.8) is 0 Å². The summed E-state index contributed by atoms with van der Waals surface area (Å²) in [6.45, 7) is 11.8. The van der Waals surface area contributed by atoms with Crippen LogP contribution < -0.4 is 0 Å². The molecular weight excluding hydrogens is 378 g/mol. The van der Waals surface area contributed by atoms with Crippen molar-refractivity contribution in [3.8, 4) is 11.8 Å². The van der Waals surface area contributed by atoms with E-state index in [9.17, 15) is 4.79 Å². The van der Waals surface area contributed by atoms with Gasteiger partial charge in [-0.05, 0) is 69.7 Å². The van der Waals surface area contributed by atoms with Gasteiger partial charge in [0.05, 0.1) is 12.0 Å². The number of carbonyl (C=O) groups excluding carboxylic acids is 1. The third kappa shape index (κ3) is 5.53. The molecule has 2 aliphatic rings. The van der Waals surface area contributed by atoms with Gasteiger partial charge in [0.15, 0.2) is 0 Å². The highest BCUT2D eigenvalue weighted by molar-refractivity contribution is 7.14. The molecule has 158 valence electrons. The number of nitrogens with zero attached hydrogens (tertiary/aromatic N) is 1. The molecule has 3 rings (SSSR count). The summed E-state index contributed by atoms with van der Waals surface area (Å²) in [6, 6.07) is 2.15. The Morgan fingerprint density at radius 1 is 1.28 bits per heavy atom. The maximum Gasteiger partial charge on any atom is 0.348 e. The number of rotatable bonds is 4. The molecule has 4 heteroatoms. The SMILES string of the molecule is CCN1CCC(c2cc(C#CC(C)(C)C)sc2C(=O)OC)=C(C2CCCCC2)C1. The van der Waals surface area contributed by atoms with Crippen LogP contribution >= 0.6 is 11.3 Å². The van der Waals surface area contributed by atoms with Crippen molar-refractivity contribution in [3.05, 3.63) is 27.0 Å². The number of hydrogen-bond donors (Lipinski definition) is 0. The standard InChI is InChI=1S/C25H35NO2S/c1-6-26-15-13-20(22(17-26)18-10-8-7-9-11-18)21-16-19(12-14-25(2,3)4)29-23(21)24(27)28-5/h16,18H,6-11,13,15,17H2,1-5H3. The number of likely N-dealkylation sites (N-methyl/N-ethyl adjacent to an activating group) is 1. The third-order valence-corrected chi connectivity index (χ3v) is 7.02. The van der Waals surface area contributed by atoms with Gasteiger partial charge in [-0.15, -0.1) is 11.3 Å². The molecule has 2 heterocycles. The molecular formula is C25H35NO2S. The van der Waals surface area contributed by atoms with Gasteiger partial charge in [-0.2, -0.15) is 0 Å². The second kappa shape index (κ2) is 9.49. The monoisotopic (exact) mass is 413 g/mol. The smallest absolute Gasteiger partial charge is 0.348 e. The van der Waals surface area contributed by atoms with Crippen LogP contribution in [-0.4, -0.2) is 37.6 Å². The van der Waals surface area contributed by atoms with E-state index in [0.29, 0.717) is 5.92 Å². The lowest BCUT2D eigenvalue weighted by atomic mass is 9.78. The topological polar surface area (TPSA) is 29.5 Å². The molecule has 0 saturated heterocycles. The Kier molecular flexibility index (Phi) is 7.24. The van der Waals surface area contributed by atoms with Crippen molar-refractivity contribution < 1.29 is 9.53 Å². The lowest BCUT2D eigenvalue weighted by Crippen LogP contribution is -2.34. The Bertz CT molecular complexity index is 825. The first-order chi connectivity index (χ1) is 13.8. The first kappa shape index (κ1) is 22.1. The Hall–Kier alpha value is -1.57. The molecule has 29 heavy (non-hydrogen) atoms. The highest BCUT2D eigenvalue weighted by Crippen LogP contribution is 2.41. The van der Waals surface area contributed by atoms with Crippen LogP contribution in [0.1, 0.15) is 86.3 Å². The molecule has 1 saturated carbocycles. The third-order valence-electron chi connectivity index (χ3n) is 5.99. The highest BCUT2D eigenvalue weighted by atomic mass is 32.1.